The van der Waals surface area contributed by atoms with Crippen LogP contribution in [0.1, 0.15) is 33.3 Å². The second-order valence-electron chi connectivity index (χ2n) is 8.70. The van der Waals surface area contributed by atoms with Crippen molar-refractivity contribution in [1.82, 2.24) is 14.7 Å². The van der Waals surface area contributed by atoms with Crippen molar-refractivity contribution >= 4 is 34.5 Å². The third-order valence-electron chi connectivity index (χ3n) is 6.63. The number of carbonyl (C=O) groups excluding carboxylic acids is 2. The molecule has 33 heavy (non-hydrogen) atoms. The highest BCUT2D eigenvalue weighted by molar-refractivity contribution is 7.10. The van der Waals surface area contributed by atoms with E-state index in [2.05, 4.69) is 40.6 Å². The smallest absolute Gasteiger partial charge is 0.236 e. The minimum absolute atomic E-state index is 0.126. The highest BCUT2D eigenvalue weighted by Gasteiger charge is 2.32. The van der Waals surface area contributed by atoms with E-state index in [0.717, 1.165) is 37.4 Å². The highest BCUT2D eigenvalue weighted by Crippen LogP contribution is 2.37. The Morgan fingerprint density at radius 3 is 2.36 bits per heavy atom. The molecule has 0 spiro atoms. The van der Waals surface area contributed by atoms with E-state index in [4.69, 9.17) is 0 Å². The van der Waals surface area contributed by atoms with E-state index in [-0.39, 0.29) is 17.9 Å². The molecule has 5 nitrogen and oxygen atoms in total. The summed E-state index contributed by atoms with van der Waals surface area (Å²) in [5.74, 6) is 0.332. The molecule has 1 saturated heterocycles. The molecular formula is C26H29N3O2S2. The number of amides is 2. The van der Waals surface area contributed by atoms with E-state index in [1.165, 1.54) is 16.0 Å². The van der Waals surface area contributed by atoms with E-state index in [0.29, 0.717) is 26.1 Å². The number of hydrogen-bond acceptors (Lipinski definition) is 5. The van der Waals surface area contributed by atoms with Gasteiger partial charge in [0.25, 0.3) is 0 Å². The van der Waals surface area contributed by atoms with Crippen LogP contribution in [0.5, 0.6) is 0 Å². The second-order valence-corrected chi connectivity index (χ2v) is 10.7. The predicted octanol–water partition coefficient (Wildman–Crippen LogP) is 4.06. The van der Waals surface area contributed by atoms with Crippen molar-refractivity contribution < 1.29 is 9.59 Å². The topological polar surface area (TPSA) is 43.9 Å². The van der Waals surface area contributed by atoms with Crippen molar-refractivity contribution in [2.75, 3.05) is 39.3 Å². The Morgan fingerprint density at radius 2 is 1.61 bits per heavy atom. The average molecular weight is 480 g/mol. The molecule has 0 saturated carbocycles. The molecule has 0 aliphatic carbocycles. The number of rotatable bonds is 5. The van der Waals surface area contributed by atoms with E-state index in [9.17, 15) is 9.59 Å². The first-order valence-corrected chi connectivity index (χ1v) is 13.4. The van der Waals surface area contributed by atoms with Crippen LogP contribution in [0.15, 0.2) is 59.3 Å². The van der Waals surface area contributed by atoms with Crippen LogP contribution in [0.2, 0.25) is 0 Å². The zero-order valence-corrected chi connectivity index (χ0v) is 20.3. The molecule has 1 atom stereocenters. The molecule has 1 fully saturated rings. The van der Waals surface area contributed by atoms with Crippen LogP contribution in [0.3, 0.4) is 0 Å². The van der Waals surface area contributed by atoms with Crippen molar-refractivity contribution in [3.63, 3.8) is 0 Å². The number of thiophene rings is 2. The normalized spacial score (nSPS) is 19.2. The second kappa shape index (κ2) is 10.2. The lowest BCUT2D eigenvalue weighted by Gasteiger charge is -2.37. The summed E-state index contributed by atoms with van der Waals surface area (Å²) in [6.07, 6.45) is 2.29. The van der Waals surface area contributed by atoms with Crippen LogP contribution in [0, 0.1) is 0 Å². The number of benzene rings is 1. The van der Waals surface area contributed by atoms with Gasteiger partial charge in [0, 0.05) is 42.5 Å². The van der Waals surface area contributed by atoms with Gasteiger partial charge >= 0.3 is 0 Å². The molecular weight excluding hydrogens is 450 g/mol. The van der Waals surface area contributed by atoms with E-state index < -0.39 is 0 Å². The molecule has 3 aromatic rings. The van der Waals surface area contributed by atoms with Gasteiger partial charge in [0.15, 0.2) is 0 Å². The van der Waals surface area contributed by atoms with Gasteiger partial charge in [-0.05, 0) is 46.9 Å². The quantitative estimate of drug-likeness (QED) is 0.554. The summed E-state index contributed by atoms with van der Waals surface area (Å²) in [5, 5.41) is 4.18. The fourth-order valence-electron chi connectivity index (χ4n) is 4.93. The Labute approximate surface area is 203 Å². The Balaban J connectivity index is 1.24. The average Bonchev–Trinajstić information content (AvgIpc) is 3.46. The van der Waals surface area contributed by atoms with E-state index in [1.807, 2.05) is 44.7 Å². The summed E-state index contributed by atoms with van der Waals surface area (Å²) in [7, 11) is 0. The molecule has 4 heterocycles. The van der Waals surface area contributed by atoms with Crippen LogP contribution in [-0.4, -0.2) is 65.8 Å². The maximum atomic E-state index is 13.4. The van der Waals surface area contributed by atoms with Gasteiger partial charge in [-0.2, -0.15) is 0 Å². The molecule has 1 aromatic carbocycles. The number of nitrogens with zero attached hydrogens (tertiary/aromatic N) is 3. The first-order chi connectivity index (χ1) is 16.2. The van der Waals surface area contributed by atoms with Gasteiger partial charge in [-0.15, -0.1) is 22.7 Å². The molecule has 0 radical (unpaired) electrons. The molecule has 2 aliphatic rings. The summed E-state index contributed by atoms with van der Waals surface area (Å²) < 4.78 is 0. The summed E-state index contributed by atoms with van der Waals surface area (Å²) in [6.45, 7) is 3.98. The fourth-order valence-corrected chi connectivity index (χ4v) is 6.53. The van der Waals surface area contributed by atoms with Crippen molar-refractivity contribution in [3.05, 3.63) is 80.2 Å². The van der Waals surface area contributed by atoms with Gasteiger partial charge in [-0.3, -0.25) is 14.5 Å². The first kappa shape index (κ1) is 22.3. The van der Waals surface area contributed by atoms with Crippen LogP contribution in [-0.2, 0) is 22.4 Å². The highest BCUT2D eigenvalue weighted by atomic mass is 32.1. The lowest BCUT2D eigenvalue weighted by molar-refractivity contribution is -0.134. The van der Waals surface area contributed by atoms with Crippen molar-refractivity contribution in [2.45, 2.75) is 25.3 Å². The Bertz CT molecular complexity index is 1080. The van der Waals surface area contributed by atoms with Gasteiger partial charge in [-0.25, -0.2) is 0 Å². The van der Waals surface area contributed by atoms with Gasteiger partial charge in [-0.1, -0.05) is 36.4 Å². The first-order valence-electron chi connectivity index (χ1n) is 11.6. The zero-order valence-electron chi connectivity index (χ0n) is 18.7. The largest absolute Gasteiger partial charge is 0.341 e. The lowest BCUT2D eigenvalue weighted by atomic mass is 9.93. The molecule has 0 N–H and O–H groups in total. The number of fused-ring (bicyclic) bond motifs is 1. The third-order valence-corrected chi connectivity index (χ3v) is 8.50. The molecule has 2 aliphatic heterocycles. The summed E-state index contributed by atoms with van der Waals surface area (Å²) in [5.41, 5.74) is 2.58. The van der Waals surface area contributed by atoms with Crippen molar-refractivity contribution in [2.24, 2.45) is 0 Å². The maximum Gasteiger partial charge on any atom is 0.236 e. The SMILES string of the molecule is O=C(Cc1cccs1)N1CCCN(C(=O)CN2CCc3sccc3C2c2ccccc2)CC1. The third kappa shape index (κ3) is 5.05. The molecule has 7 heteroatoms. The summed E-state index contributed by atoms with van der Waals surface area (Å²) >= 11 is 3.44. The van der Waals surface area contributed by atoms with E-state index in [1.54, 1.807) is 11.3 Å². The van der Waals surface area contributed by atoms with Crippen molar-refractivity contribution in [3.8, 4) is 0 Å². The maximum absolute atomic E-state index is 13.4. The Hall–Kier alpha value is -2.48. The van der Waals surface area contributed by atoms with Gasteiger partial charge in [0.1, 0.15) is 0 Å². The van der Waals surface area contributed by atoms with Gasteiger partial charge in [0.05, 0.1) is 19.0 Å². The molecule has 0 bridgehead atoms. The van der Waals surface area contributed by atoms with Crippen molar-refractivity contribution in [1.29, 1.82) is 0 Å². The van der Waals surface area contributed by atoms with Crippen LogP contribution >= 0.6 is 22.7 Å². The molecule has 5 rings (SSSR count). The summed E-state index contributed by atoms with van der Waals surface area (Å²) in [6, 6.07) is 16.9. The standard InChI is InChI=1S/C26H29N3O2S2/c30-24(18-21-8-4-16-32-21)27-11-5-12-28(15-14-27)25(31)19-29-13-9-23-22(10-17-33-23)26(29)20-6-2-1-3-7-20/h1-4,6-8,10,16-17,26H,5,9,11-15,18-19H2. The number of hydrogen-bond donors (Lipinski definition) is 0. The molecule has 1 unspecified atom stereocenters. The Kier molecular flexibility index (Phi) is 6.90. The minimum Gasteiger partial charge on any atom is -0.341 e. The predicted molar refractivity (Wildman–Crippen MR) is 134 cm³/mol. The van der Waals surface area contributed by atoms with Gasteiger partial charge < -0.3 is 9.80 Å². The summed E-state index contributed by atoms with van der Waals surface area (Å²) in [4.78, 5) is 34.8. The van der Waals surface area contributed by atoms with Gasteiger partial charge in [0.2, 0.25) is 11.8 Å². The minimum atomic E-state index is 0.126. The van der Waals surface area contributed by atoms with Crippen LogP contribution in [0.4, 0.5) is 0 Å². The van der Waals surface area contributed by atoms with Crippen LogP contribution in [0.25, 0.3) is 0 Å². The lowest BCUT2D eigenvalue weighted by Crippen LogP contribution is -2.45. The van der Waals surface area contributed by atoms with E-state index >= 15 is 0 Å². The molecule has 172 valence electrons. The zero-order chi connectivity index (χ0) is 22.6. The number of carbonyl (C=O) groups is 2. The fraction of sp³-hybridized carbons (Fsp3) is 0.385. The van der Waals surface area contributed by atoms with Crippen LogP contribution < -0.4 is 0 Å². The molecule has 2 aromatic heterocycles. The monoisotopic (exact) mass is 479 g/mol. The Morgan fingerprint density at radius 1 is 0.818 bits per heavy atom. The molecule has 2 amide bonds.